The quantitative estimate of drug-likeness (QED) is 0.326. The molecule has 1 N–H and O–H groups in total. The van der Waals surface area contributed by atoms with Gasteiger partial charge in [0.05, 0.1) is 10.4 Å². The van der Waals surface area contributed by atoms with Crippen LogP contribution in [0.3, 0.4) is 0 Å². The number of carbonyl (C=O) groups excluding carboxylic acids is 3. The van der Waals surface area contributed by atoms with Crippen molar-refractivity contribution < 1.29 is 27.9 Å². The van der Waals surface area contributed by atoms with Crippen molar-refractivity contribution in [3.8, 4) is 0 Å². The number of halogens is 2. The lowest BCUT2D eigenvalue weighted by molar-refractivity contribution is -0.142. The zero-order valence-electron chi connectivity index (χ0n) is 16.2. The largest absolute Gasteiger partial charge is 0.457 e. The normalized spacial score (nSPS) is 10.8. The topological polar surface area (TPSA) is 72.5 Å². The van der Waals surface area contributed by atoms with Gasteiger partial charge >= 0.3 is 5.97 Å². The van der Waals surface area contributed by atoms with Crippen molar-refractivity contribution in [2.24, 2.45) is 0 Å². The van der Waals surface area contributed by atoms with E-state index in [0.29, 0.717) is 10.9 Å². The number of amides is 1. The SMILES string of the molecule is Cc1c(C(=O)COC(=O)CCCNC(=O)c2ccc(F)cc2F)sc2ccccc12. The summed E-state index contributed by atoms with van der Waals surface area (Å²) in [5, 5.41) is 3.46. The zero-order chi connectivity index (χ0) is 21.7. The molecule has 0 saturated carbocycles. The molecule has 0 aliphatic carbocycles. The molecule has 0 fully saturated rings. The Balaban J connectivity index is 1.42. The fraction of sp³-hybridized carbons (Fsp3) is 0.227. The second-order valence-corrected chi connectivity index (χ2v) is 7.67. The summed E-state index contributed by atoms with van der Waals surface area (Å²) in [6, 6.07) is 10.3. The highest BCUT2D eigenvalue weighted by Gasteiger charge is 2.17. The highest BCUT2D eigenvalue weighted by Crippen LogP contribution is 2.30. The maximum absolute atomic E-state index is 13.5. The minimum Gasteiger partial charge on any atom is -0.457 e. The molecular weight excluding hydrogens is 412 g/mol. The summed E-state index contributed by atoms with van der Waals surface area (Å²) >= 11 is 1.37. The van der Waals surface area contributed by atoms with E-state index in [1.54, 1.807) is 0 Å². The Kier molecular flexibility index (Phi) is 6.89. The Morgan fingerprint density at radius 2 is 1.87 bits per heavy atom. The minimum atomic E-state index is -0.957. The molecule has 0 aliphatic rings. The van der Waals surface area contributed by atoms with Crippen molar-refractivity contribution >= 4 is 39.1 Å². The Morgan fingerprint density at radius 3 is 2.60 bits per heavy atom. The van der Waals surface area contributed by atoms with E-state index in [2.05, 4.69) is 5.32 Å². The number of hydrogen-bond acceptors (Lipinski definition) is 5. The molecule has 156 valence electrons. The van der Waals surface area contributed by atoms with Gasteiger partial charge in [-0.15, -0.1) is 11.3 Å². The maximum atomic E-state index is 13.5. The molecule has 5 nitrogen and oxygen atoms in total. The third-order valence-electron chi connectivity index (χ3n) is 4.48. The molecule has 0 atom stereocenters. The number of fused-ring (bicyclic) bond motifs is 1. The third kappa shape index (κ3) is 5.07. The molecule has 1 heterocycles. The van der Waals surface area contributed by atoms with Gasteiger partial charge in [-0.3, -0.25) is 14.4 Å². The van der Waals surface area contributed by atoms with Crippen LogP contribution in [0.2, 0.25) is 0 Å². The van der Waals surface area contributed by atoms with E-state index in [1.165, 1.54) is 11.3 Å². The molecule has 0 radical (unpaired) electrons. The fourth-order valence-corrected chi connectivity index (χ4v) is 4.06. The van der Waals surface area contributed by atoms with Crippen LogP contribution in [0.15, 0.2) is 42.5 Å². The number of thiophene rings is 1. The van der Waals surface area contributed by atoms with E-state index in [0.717, 1.165) is 27.8 Å². The first-order valence-corrected chi connectivity index (χ1v) is 10.1. The lowest BCUT2D eigenvalue weighted by atomic mass is 10.1. The predicted octanol–water partition coefficient (Wildman–Crippen LogP) is 4.42. The van der Waals surface area contributed by atoms with Crippen LogP contribution in [0.25, 0.3) is 10.1 Å². The van der Waals surface area contributed by atoms with Gasteiger partial charge in [0, 0.05) is 23.7 Å². The molecule has 3 rings (SSSR count). The van der Waals surface area contributed by atoms with Crippen LogP contribution < -0.4 is 5.32 Å². The van der Waals surface area contributed by atoms with Crippen LogP contribution in [0.5, 0.6) is 0 Å². The summed E-state index contributed by atoms with van der Waals surface area (Å²) in [4.78, 5) is 36.7. The number of Topliss-reactive ketones (excluding diaryl/α,β-unsaturated/α-hetero) is 1. The van der Waals surface area contributed by atoms with Gasteiger partial charge in [-0.1, -0.05) is 18.2 Å². The first-order valence-electron chi connectivity index (χ1n) is 9.27. The highest BCUT2D eigenvalue weighted by atomic mass is 32.1. The van der Waals surface area contributed by atoms with Crippen molar-refractivity contribution in [3.05, 3.63) is 70.1 Å². The van der Waals surface area contributed by atoms with Crippen LogP contribution in [0.4, 0.5) is 8.78 Å². The standard InChI is InChI=1S/C22H19F2NO4S/c1-13-15-5-2-3-6-19(15)30-21(13)18(26)12-29-20(27)7-4-10-25-22(28)16-9-8-14(23)11-17(16)24/h2-3,5-6,8-9,11H,4,7,10,12H2,1H3,(H,25,28). The second kappa shape index (κ2) is 9.58. The van der Waals surface area contributed by atoms with Gasteiger partial charge in [0.2, 0.25) is 5.78 Å². The molecule has 1 aromatic heterocycles. The van der Waals surface area contributed by atoms with Crippen LogP contribution >= 0.6 is 11.3 Å². The van der Waals surface area contributed by atoms with E-state index in [-0.39, 0.29) is 37.3 Å². The van der Waals surface area contributed by atoms with E-state index in [1.807, 2.05) is 31.2 Å². The third-order valence-corrected chi connectivity index (χ3v) is 5.79. The fourth-order valence-electron chi connectivity index (χ4n) is 2.93. The van der Waals surface area contributed by atoms with E-state index in [4.69, 9.17) is 4.74 Å². The van der Waals surface area contributed by atoms with Gasteiger partial charge in [-0.25, -0.2) is 8.78 Å². The lowest BCUT2D eigenvalue weighted by Gasteiger charge is -2.07. The molecule has 0 saturated heterocycles. The number of nitrogens with one attached hydrogen (secondary N) is 1. The van der Waals surface area contributed by atoms with E-state index >= 15 is 0 Å². The molecule has 30 heavy (non-hydrogen) atoms. The summed E-state index contributed by atoms with van der Waals surface area (Å²) in [7, 11) is 0. The number of ketones is 1. The molecule has 3 aromatic rings. The first kappa shape index (κ1) is 21.6. The van der Waals surface area contributed by atoms with Crippen molar-refractivity contribution in [1.29, 1.82) is 0 Å². The van der Waals surface area contributed by atoms with Gasteiger partial charge in [-0.2, -0.15) is 0 Å². The van der Waals surface area contributed by atoms with Gasteiger partial charge in [0.1, 0.15) is 11.6 Å². The average molecular weight is 431 g/mol. The predicted molar refractivity (Wildman–Crippen MR) is 110 cm³/mol. The number of ether oxygens (including phenoxy) is 1. The number of esters is 1. The summed E-state index contributed by atoms with van der Waals surface area (Å²) in [5.74, 6) is -3.25. The first-order chi connectivity index (χ1) is 14.4. The molecule has 0 spiro atoms. The zero-order valence-corrected chi connectivity index (χ0v) is 17.0. The molecule has 2 aromatic carbocycles. The lowest BCUT2D eigenvalue weighted by Crippen LogP contribution is -2.26. The van der Waals surface area contributed by atoms with Gasteiger partial charge in [-0.05, 0) is 42.5 Å². The monoisotopic (exact) mass is 431 g/mol. The van der Waals surface area contributed by atoms with E-state index in [9.17, 15) is 23.2 Å². The Morgan fingerprint density at radius 1 is 1.10 bits per heavy atom. The van der Waals surface area contributed by atoms with Crippen LogP contribution in [-0.4, -0.2) is 30.8 Å². The number of hydrogen-bond donors (Lipinski definition) is 1. The van der Waals surface area contributed by atoms with Crippen LogP contribution in [-0.2, 0) is 9.53 Å². The Labute approximate surface area is 175 Å². The summed E-state index contributed by atoms with van der Waals surface area (Å²) in [5.41, 5.74) is 0.593. The number of carbonyl (C=O) groups is 3. The van der Waals surface area contributed by atoms with Gasteiger partial charge < -0.3 is 10.1 Å². The van der Waals surface area contributed by atoms with E-state index < -0.39 is 23.5 Å². The smallest absolute Gasteiger partial charge is 0.306 e. The number of rotatable bonds is 8. The molecule has 0 bridgehead atoms. The van der Waals surface area contributed by atoms with Crippen molar-refractivity contribution in [2.45, 2.75) is 19.8 Å². The Hall–Kier alpha value is -3.13. The summed E-state index contributed by atoms with van der Waals surface area (Å²) < 4.78 is 32.5. The number of aryl methyl sites for hydroxylation is 1. The molecular formula is C22H19F2NO4S. The number of benzene rings is 2. The highest BCUT2D eigenvalue weighted by molar-refractivity contribution is 7.21. The Bertz CT molecular complexity index is 1110. The molecule has 0 unspecified atom stereocenters. The van der Waals surface area contributed by atoms with Crippen molar-refractivity contribution in [3.63, 3.8) is 0 Å². The maximum Gasteiger partial charge on any atom is 0.306 e. The minimum absolute atomic E-state index is 0.00907. The van der Waals surface area contributed by atoms with Gasteiger partial charge in [0.25, 0.3) is 5.91 Å². The molecule has 8 heteroatoms. The van der Waals surface area contributed by atoms with Crippen LogP contribution in [0.1, 0.15) is 38.4 Å². The van der Waals surface area contributed by atoms with Crippen molar-refractivity contribution in [2.75, 3.05) is 13.2 Å². The summed E-state index contributed by atoms with van der Waals surface area (Å²) in [6.45, 7) is 1.62. The average Bonchev–Trinajstić information content (AvgIpc) is 3.06. The summed E-state index contributed by atoms with van der Waals surface area (Å²) in [6.07, 6.45) is 0.244. The van der Waals surface area contributed by atoms with Crippen molar-refractivity contribution in [1.82, 2.24) is 5.32 Å². The van der Waals surface area contributed by atoms with Gasteiger partial charge in [0.15, 0.2) is 6.61 Å². The molecule has 0 aliphatic heterocycles. The van der Waals surface area contributed by atoms with Crippen LogP contribution in [0, 0.1) is 18.6 Å². The molecule has 1 amide bonds. The second-order valence-electron chi connectivity index (χ2n) is 6.62.